The molecule has 2 aromatic carbocycles. The molecule has 6 heteroatoms. The zero-order chi connectivity index (χ0) is 15.6. The Morgan fingerprint density at radius 2 is 1.62 bits per heavy atom. The quantitative estimate of drug-likeness (QED) is 0.778. The number of nitrogens with two attached hydrogens (primary N) is 1. The summed E-state index contributed by atoms with van der Waals surface area (Å²) in [7, 11) is -3.71. The van der Waals surface area contributed by atoms with Crippen molar-refractivity contribution in [3.8, 4) is 5.75 Å². The number of ether oxygens (including phenoxy) is 1. The predicted octanol–water partition coefficient (Wildman–Crippen LogP) is 3.13. The van der Waals surface area contributed by atoms with Crippen LogP contribution in [0.5, 0.6) is 5.75 Å². The van der Waals surface area contributed by atoms with E-state index >= 15 is 0 Å². The van der Waals surface area contributed by atoms with Crippen LogP contribution in [0.2, 0.25) is 0 Å². The smallest absolute Gasteiger partial charge is 0.238 e. The minimum atomic E-state index is -3.71. The van der Waals surface area contributed by atoms with E-state index in [9.17, 15) is 8.42 Å². The van der Waals surface area contributed by atoms with Gasteiger partial charge in [0.2, 0.25) is 10.0 Å². The molecule has 0 aliphatic heterocycles. The minimum Gasteiger partial charge on any atom is -0.489 e. The van der Waals surface area contributed by atoms with Crippen LogP contribution in [0.1, 0.15) is 16.7 Å². The number of halogens is 1. The van der Waals surface area contributed by atoms with E-state index in [4.69, 9.17) is 9.88 Å². The maximum absolute atomic E-state index is 11.5. The maximum Gasteiger partial charge on any atom is 0.238 e. The molecule has 2 aromatic rings. The van der Waals surface area contributed by atoms with Gasteiger partial charge in [-0.3, -0.25) is 0 Å². The van der Waals surface area contributed by atoms with Crippen LogP contribution in [-0.2, 0) is 16.6 Å². The Hall–Kier alpha value is -1.12. The van der Waals surface area contributed by atoms with E-state index in [1.807, 2.05) is 24.3 Å². The molecule has 0 fully saturated rings. The summed E-state index contributed by atoms with van der Waals surface area (Å²) in [6.07, 6.45) is 0. The lowest BCUT2D eigenvalue weighted by Gasteiger charge is -2.12. The second-order valence-corrected chi connectivity index (χ2v) is 7.59. The van der Waals surface area contributed by atoms with Gasteiger partial charge in [0, 0.05) is 3.57 Å². The van der Waals surface area contributed by atoms with Crippen LogP contribution in [0.3, 0.4) is 0 Å². The first-order chi connectivity index (χ1) is 9.77. The maximum atomic E-state index is 11.5. The molecule has 21 heavy (non-hydrogen) atoms. The molecule has 0 atom stereocenters. The summed E-state index contributed by atoms with van der Waals surface area (Å²) < 4.78 is 30.0. The Morgan fingerprint density at radius 3 is 2.10 bits per heavy atom. The molecule has 0 spiro atoms. The fourth-order valence-electron chi connectivity index (χ4n) is 2.19. The summed E-state index contributed by atoms with van der Waals surface area (Å²) in [4.78, 5) is 0.170. The van der Waals surface area contributed by atoms with Crippen LogP contribution in [0.15, 0.2) is 41.3 Å². The zero-order valence-corrected chi connectivity index (χ0v) is 14.7. The number of primary sulfonamides is 1. The van der Waals surface area contributed by atoms with Gasteiger partial charge in [-0.2, -0.15) is 0 Å². The van der Waals surface area contributed by atoms with E-state index < -0.39 is 10.0 Å². The molecule has 0 aliphatic rings. The second kappa shape index (κ2) is 6.33. The summed E-state index contributed by atoms with van der Waals surface area (Å²) in [6, 6.07) is 11.4. The molecule has 0 unspecified atom stereocenters. The van der Waals surface area contributed by atoms with Crippen LogP contribution in [0.25, 0.3) is 0 Å². The SMILES string of the molecule is Cc1cc(OCc2ccc(I)cc2)cc(C)c1S(N)(=O)=O. The van der Waals surface area contributed by atoms with Gasteiger partial charge in [-0.15, -0.1) is 0 Å². The molecule has 0 aromatic heterocycles. The summed E-state index contributed by atoms with van der Waals surface area (Å²) in [5, 5.41) is 5.22. The molecule has 0 saturated heterocycles. The van der Waals surface area contributed by atoms with Gasteiger partial charge < -0.3 is 4.74 Å². The highest BCUT2D eigenvalue weighted by Crippen LogP contribution is 2.25. The van der Waals surface area contributed by atoms with Crippen molar-refractivity contribution in [3.05, 3.63) is 56.7 Å². The molecule has 112 valence electrons. The number of hydrogen-bond donors (Lipinski definition) is 1. The standard InChI is InChI=1S/C15H16INO3S/c1-10-7-14(8-11(2)15(10)21(17,18)19)20-9-12-3-5-13(16)6-4-12/h3-8H,9H2,1-2H3,(H2,17,18,19). The molecule has 0 saturated carbocycles. The van der Waals surface area contributed by atoms with Crippen LogP contribution in [0.4, 0.5) is 0 Å². The lowest BCUT2D eigenvalue weighted by atomic mass is 10.1. The zero-order valence-electron chi connectivity index (χ0n) is 11.8. The Morgan fingerprint density at radius 1 is 1.10 bits per heavy atom. The average molecular weight is 417 g/mol. The largest absolute Gasteiger partial charge is 0.489 e. The van der Waals surface area contributed by atoms with Gasteiger partial charge in [-0.05, 0) is 77.4 Å². The van der Waals surface area contributed by atoms with Crippen molar-refractivity contribution < 1.29 is 13.2 Å². The third-order valence-corrected chi connectivity index (χ3v) is 4.97. The Balaban J connectivity index is 2.21. The molecule has 0 radical (unpaired) electrons. The highest BCUT2D eigenvalue weighted by atomic mass is 127. The van der Waals surface area contributed by atoms with E-state index in [1.165, 1.54) is 3.57 Å². The summed E-state index contributed by atoms with van der Waals surface area (Å²) in [5.74, 6) is 0.635. The topological polar surface area (TPSA) is 69.4 Å². The monoisotopic (exact) mass is 417 g/mol. The van der Waals surface area contributed by atoms with Gasteiger partial charge in [0.25, 0.3) is 0 Å². The third kappa shape index (κ3) is 4.18. The van der Waals surface area contributed by atoms with Crippen LogP contribution in [0, 0.1) is 17.4 Å². The molecule has 0 aliphatic carbocycles. The number of aryl methyl sites for hydroxylation is 2. The summed E-state index contributed by atoms with van der Waals surface area (Å²) in [6.45, 7) is 3.86. The molecular formula is C15H16INO3S. The van der Waals surface area contributed by atoms with E-state index in [0.717, 1.165) is 5.56 Å². The Labute approximate surface area is 138 Å². The van der Waals surface area contributed by atoms with E-state index in [0.29, 0.717) is 23.5 Å². The lowest BCUT2D eigenvalue weighted by Crippen LogP contribution is -2.15. The van der Waals surface area contributed by atoms with Crippen LogP contribution in [-0.4, -0.2) is 8.42 Å². The predicted molar refractivity (Wildman–Crippen MR) is 90.8 cm³/mol. The van der Waals surface area contributed by atoms with E-state index in [1.54, 1.807) is 26.0 Å². The fourth-order valence-corrected chi connectivity index (χ4v) is 3.56. The first kappa shape index (κ1) is 16.3. The van der Waals surface area contributed by atoms with Crippen molar-refractivity contribution in [2.75, 3.05) is 0 Å². The molecule has 4 nitrogen and oxygen atoms in total. The van der Waals surface area contributed by atoms with Crippen molar-refractivity contribution in [3.63, 3.8) is 0 Å². The fraction of sp³-hybridized carbons (Fsp3) is 0.200. The average Bonchev–Trinajstić information content (AvgIpc) is 2.35. The number of sulfonamides is 1. The number of hydrogen-bond acceptors (Lipinski definition) is 3. The van der Waals surface area contributed by atoms with Gasteiger partial charge in [0.15, 0.2) is 0 Å². The van der Waals surface area contributed by atoms with E-state index in [2.05, 4.69) is 22.6 Å². The van der Waals surface area contributed by atoms with Crippen molar-refractivity contribution in [2.45, 2.75) is 25.3 Å². The van der Waals surface area contributed by atoms with Crippen molar-refractivity contribution >= 4 is 32.6 Å². The van der Waals surface area contributed by atoms with E-state index in [-0.39, 0.29) is 4.90 Å². The van der Waals surface area contributed by atoms with Crippen molar-refractivity contribution in [2.24, 2.45) is 5.14 Å². The van der Waals surface area contributed by atoms with Gasteiger partial charge in [-0.25, -0.2) is 13.6 Å². The van der Waals surface area contributed by atoms with Crippen LogP contribution < -0.4 is 9.88 Å². The minimum absolute atomic E-state index is 0.170. The molecule has 0 amide bonds. The first-order valence-electron chi connectivity index (χ1n) is 6.28. The van der Waals surface area contributed by atoms with Gasteiger partial charge in [0.05, 0.1) is 4.90 Å². The summed E-state index contributed by atoms with van der Waals surface area (Å²) in [5.41, 5.74) is 2.24. The number of benzene rings is 2. The normalized spacial score (nSPS) is 11.4. The van der Waals surface area contributed by atoms with Gasteiger partial charge >= 0.3 is 0 Å². The first-order valence-corrected chi connectivity index (χ1v) is 8.91. The Kier molecular flexibility index (Phi) is 4.90. The van der Waals surface area contributed by atoms with Crippen molar-refractivity contribution in [1.82, 2.24) is 0 Å². The Bertz CT molecular complexity index is 732. The lowest BCUT2D eigenvalue weighted by molar-refractivity contribution is 0.305. The van der Waals surface area contributed by atoms with Gasteiger partial charge in [0.1, 0.15) is 12.4 Å². The van der Waals surface area contributed by atoms with Crippen molar-refractivity contribution in [1.29, 1.82) is 0 Å². The van der Waals surface area contributed by atoms with Gasteiger partial charge in [-0.1, -0.05) is 12.1 Å². The molecule has 0 heterocycles. The molecule has 0 bridgehead atoms. The highest BCUT2D eigenvalue weighted by molar-refractivity contribution is 14.1. The second-order valence-electron chi connectivity index (χ2n) is 4.85. The summed E-state index contributed by atoms with van der Waals surface area (Å²) >= 11 is 2.25. The third-order valence-electron chi connectivity index (χ3n) is 3.04. The van der Waals surface area contributed by atoms with Crippen LogP contribution >= 0.6 is 22.6 Å². The molecule has 2 N–H and O–H groups in total. The molecular weight excluding hydrogens is 401 g/mol. The number of rotatable bonds is 4. The molecule has 2 rings (SSSR count). The highest BCUT2D eigenvalue weighted by Gasteiger charge is 2.16.